The van der Waals surface area contributed by atoms with E-state index in [4.69, 9.17) is 23.2 Å². The molecule has 0 saturated carbocycles. The Balaban J connectivity index is 2.20. The molecule has 0 bridgehead atoms. The predicted molar refractivity (Wildman–Crippen MR) is 80.2 cm³/mol. The van der Waals surface area contributed by atoms with Crippen LogP contribution >= 0.6 is 34.5 Å². The minimum Gasteiger partial charge on any atom is -0.320 e. The Hall–Kier alpha value is -1.17. The summed E-state index contributed by atoms with van der Waals surface area (Å²) in [6.45, 7) is 2.35. The molecule has 104 valence electrons. The molecule has 2 heterocycles. The normalized spacial score (nSPS) is 13.0. The fraction of sp³-hybridized carbons (Fsp3) is 0.231. The SMILES string of the molecule is CC(Cl)c1nc2cc(Cl)c(F)cc2n1Cc1nccs1. The number of hydrogen-bond acceptors (Lipinski definition) is 3. The first-order chi connectivity index (χ1) is 9.56. The van der Waals surface area contributed by atoms with Crippen molar-refractivity contribution in [2.75, 3.05) is 0 Å². The van der Waals surface area contributed by atoms with Gasteiger partial charge in [-0.2, -0.15) is 0 Å². The molecule has 0 aliphatic rings. The van der Waals surface area contributed by atoms with E-state index in [1.54, 1.807) is 6.20 Å². The molecule has 0 radical (unpaired) electrons. The largest absolute Gasteiger partial charge is 0.320 e. The van der Waals surface area contributed by atoms with Crippen LogP contribution in [0.15, 0.2) is 23.7 Å². The van der Waals surface area contributed by atoms with E-state index in [9.17, 15) is 4.39 Å². The van der Waals surface area contributed by atoms with Crippen LogP contribution in [0, 0.1) is 5.82 Å². The zero-order valence-corrected chi connectivity index (χ0v) is 12.8. The van der Waals surface area contributed by atoms with E-state index in [1.165, 1.54) is 23.5 Å². The predicted octanol–water partition coefficient (Wildman–Crippen LogP) is 4.63. The summed E-state index contributed by atoms with van der Waals surface area (Å²) in [6, 6.07) is 2.91. The van der Waals surface area contributed by atoms with Crippen molar-refractivity contribution < 1.29 is 4.39 Å². The van der Waals surface area contributed by atoms with Crippen molar-refractivity contribution in [3.05, 3.63) is 45.4 Å². The van der Waals surface area contributed by atoms with Crippen LogP contribution in [-0.2, 0) is 6.54 Å². The zero-order chi connectivity index (χ0) is 14.3. The lowest BCUT2D eigenvalue weighted by Gasteiger charge is -2.08. The highest BCUT2D eigenvalue weighted by Crippen LogP contribution is 2.29. The molecule has 0 saturated heterocycles. The third-order valence-corrected chi connectivity index (χ3v) is 4.20. The second-order valence-corrected chi connectivity index (χ2v) is 6.39. The number of halogens is 3. The van der Waals surface area contributed by atoms with E-state index in [0.29, 0.717) is 23.4 Å². The summed E-state index contributed by atoms with van der Waals surface area (Å²) in [6.07, 6.45) is 1.74. The van der Waals surface area contributed by atoms with Gasteiger partial charge >= 0.3 is 0 Å². The molecule has 1 aromatic carbocycles. The molecule has 3 nitrogen and oxygen atoms in total. The molecule has 3 aromatic rings. The van der Waals surface area contributed by atoms with Crippen molar-refractivity contribution in [1.82, 2.24) is 14.5 Å². The first-order valence-corrected chi connectivity index (χ1v) is 7.63. The van der Waals surface area contributed by atoms with Gasteiger partial charge in [-0.05, 0) is 13.0 Å². The molecule has 2 aromatic heterocycles. The Morgan fingerprint density at radius 1 is 1.45 bits per heavy atom. The number of nitrogens with zero attached hydrogens (tertiary/aromatic N) is 3. The van der Waals surface area contributed by atoms with Crippen LogP contribution in [0.4, 0.5) is 4.39 Å². The number of fused-ring (bicyclic) bond motifs is 1. The summed E-state index contributed by atoms with van der Waals surface area (Å²) < 4.78 is 15.6. The van der Waals surface area contributed by atoms with Crippen LogP contribution in [0.1, 0.15) is 23.1 Å². The van der Waals surface area contributed by atoms with Gasteiger partial charge in [0, 0.05) is 17.6 Å². The van der Waals surface area contributed by atoms with Gasteiger partial charge < -0.3 is 4.57 Å². The van der Waals surface area contributed by atoms with Gasteiger partial charge in [-0.25, -0.2) is 14.4 Å². The van der Waals surface area contributed by atoms with E-state index >= 15 is 0 Å². The molecule has 1 unspecified atom stereocenters. The Bertz CT molecular complexity index is 753. The third kappa shape index (κ3) is 2.41. The maximum atomic E-state index is 13.7. The molecule has 0 N–H and O–H groups in total. The lowest BCUT2D eigenvalue weighted by molar-refractivity contribution is 0.628. The van der Waals surface area contributed by atoms with Gasteiger partial charge in [0.2, 0.25) is 0 Å². The number of aromatic nitrogens is 3. The lowest BCUT2D eigenvalue weighted by Crippen LogP contribution is -2.05. The number of rotatable bonds is 3. The van der Waals surface area contributed by atoms with Crippen LogP contribution in [0.5, 0.6) is 0 Å². The zero-order valence-electron chi connectivity index (χ0n) is 10.5. The summed E-state index contributed by atoms with van der Waals surface area (Å²) in [4.78, 5) is 8.70. The molecule has 3 rings (SSSR count). The average molecular weight is 330 g/mol. The fourth-order valence-corrected chi connectivity index (χ4v) is 3.00. The highest BCUT2D eigenvalue weighted by atomic mass is 35.5. The summed E-state index contributed by atoms with van der Waals surface area (Å²) >= 11 is 13.5. The monoisotopic (exact) mass is 329 g/mol. The Morgan fingerprint density at radius 2 is 2.25 bits per heavy atom. The second-order valence-electron chi connectivity index (χ2n) is 4.35. The molecular formula is C13H10Cl2FN3S. The van der Waals surface area contributed by atoms with E-state index in [-0.39, 0.29) is 10.4 Å². The number of hydrogen-bond donors (Lipinski definition) is 0. The highest BCUT2D eigenvalue weighted by Gasteiger charge is 2.17. The Kier molecular flexibility index (Phi) is 3.67. The van der Waals surface area contributed by atoms with Gasteiger partial charge in [0.25, 0.3) is 0 Å². The van der Waals surface area contributed by atoms with Crippen LogP contribution in [0.2, 0.25) is 5.02 Å². The standard InChI is InChI=1S/C13H10Cl2FN3S/c1-7(14)13-18-10-4-8(15)9(16)5-11(10)19(13)6-12-17-2-3-20-12/h2-5,7H,6H2,1H3. The molecule has 0 spiro atoms. The minimum absolute atomic E-state index is 0.0603. The topological polar surface area (TPSA) is 30.7 Å². The molecule has 1 atom stereocenters. The first kappa shape index (κ1) is 13.8. The number of thiazole rings is 1. The quantitative estimate of drug-likeness (QED) is 0.655. The van der Waals surface area contributed by atoms with Crippen LogP contribution in [-0.4, -0.2) is 14.5 Å². The van der Waals surface area contributed by atoms with Crippen LogP contribution in [0.3, 0.4) is 0 Å². The Morgan fingerprint density at radius 3 is 2.90 bits per heavy atom. The highest BCUT2D eigenvalue weighted by molar-refractivity contribution is 7.09. The molecule has 0 aliphatic carbocycles. The summed E-state index contributed by atoms with van der Waals surface area (Å²) in [5, 5.41) is 2.59. The van der Waals surface area contributed by atoms with E-state index in [1.807, 2.05) is 16.9 Å². The molecular weight excluding hydrogens is 320 g/mol. The average Bonchev–Trinajstić information content (AvgIpc) is 3.00. The van der Waals surface area contributed by atoms with Crippen LogP contribution < -0.4 is 0 Å². The molecule has 0 aliphatic heterocycles. The van der Waals surface area contributed by atoms with E-state index < -0.39 is 5.82 Å². The molecule has 0 amide bonds. The molecule has 20 heavy (non-hydrogen) atoms. The summed E-state index contributed by atoms with van der Waals surface area (Å²) in [5.74, 6) is 0.215. The first-order valence-electron chi connectivity index (χ1n) is 5.94. The van der Waals surface area contributed by atoms with Crippen molar-refractivity contribution in [3.63, 3.8) is 0 Å². The van der Waals surface area contributed by atoms with Crippen molar-refractivity contribution >= 4 is 45.6 Å². The number of alkyl halides is 1. The van der Waals surface area contributed by atoms with Gasteiger partial charge in [-0.3, -0.25) is 0 Å². The van der Waals surface area contributed by atoms with Gasteiger partial charge in [-0.15, -0.1) is 22.9 Å². The second kappa shape index (κ2) is 5.31. The Labute approximate surface area is 129 Å². The maximum Gasteiger partial charge on any atom is 0.144 e. The molecule has 7 heteroatoms. The smallest absolute Gasteiger partial charge is 0.144 e. The fourth-order valence-electron chi connectivity index (χ4n) is 2.07. The maximum absolute atomic E-state index is 13.7. The number of imidazole rings is 1. The van der Waals surface area contributed by atoms with E-state index in [0.717, 1.165) is 5.01 Å². The minimum atomic E-state index is -0.465. The van der Waals surface area contributed by atoms with E-state index in [2.05, 4.69) is 9.97 Å². The van der Waals surface area contributed by atoms with Crippen molar-refractivity contribution in [2.45, 2.75) is 18.8 Å². The molecule has 0 fully saturated rings. The van der Waals surface area contributed by atoms with Gasteiger partial charge in [-0.1, -0.05) is 11.6 Å². The van der Waals surface area contributed by atoms with Crippen molar-refractivity contribution in [3.8, 4) is 0 Å². The third-order valence-electron chi connectivity index (χ3n) is 2.95. The number of benzene rings is 1. The van der Waals surface area contributed by atoms with Gasteiger partial charge in [0.1, 0.15) is 16.6 Å². The van der Waals surface area contributed by atoms with Gasteiger partial charge in [0.15, 0.2) is 0 Å². The summed E-state index contributed by atoms with van der Waals surface area (Å²) in [5.41, 5.74) is 1.31. The van der Waals surface area contributed by atoms with Gasteiger partial charge in [0.05, 0.1) is 28.0 Å². The van der Waals surface area contributed by atoms with Crippen LogP contribution in [0.25, 0.3) is 11.0 Å². The summed E-state index contributed by atoms with van der Waals surface area (Å²) in [7, 11) is 0. The van der Waals surface area contributed by atoms with Crippen molar-refractivity contribution in [1.29, 1.82) is 0 Å². The van der Waals surface area contributed by atoms with Crippen molar-refractivity contribution in [2.24, 2.45) is 0 Å². The lowest BCUT2D eigenvalue weighted by atomic mass is 10.3.